The molecule has 4 rings (SSSR count). The maximum atomic E-state index is 13.2. The zero-order valence-electron chi connectivity index (χ0n) is 16.7. The fourth-order valence-electron chi connectivity index (χ4n) is 3.56. The summed E-state index contributed by atoms with van der Waals surface area (Å²) in [6.07, 6.45) is -4.21. The van der Waals surface area contributed by atoms with Crippen LogP contribution in [0.3, 0.4) is 0 Å². The van der Waals surface area contributed by atoms with Gasteiger partial charge in [0.2, 0.25) is 0 Å². The Hall–Kier alpha value is -2.56. The highest BCUT2D eigenvalue weighted by molar-refractivity contribution is 9.10. The molecule has 33 heavy (non-hydrogen) atoms. The van der Waals surface area contributed by atoms with Gasteiger partial charge in [-0.1, -0.05) is 29.8 Å². The number of alkyl halides is 3. The lowest BCUT2D eigenvalue weighted by Gasteiger charge is -2.19. The molecular weight excluding hydrogens is 545 g/mol. The van der Waals surface area contributed by atoms with Crippen molar-refractivity contribution in [2.75, 3.05) is 16.2 Å². The van der Waals surface area contributed by atoms with Crippen LogP contribution in [0.15, 0.2) is 70.0 Å². The van der Waals surface area contributed by atoms with Gasteiger partial charge in [-0.3, -0.25) is 9.52 Å². The van der Waals surface area contributed by atoms with E-state index in [4.69, 9.17) is 11.6 Å². The number of amides is 1. The van der Waals surface area contributed by atoms with Gasteiger partial charge in [0, 0.05) is 28.0 Å². The molecule has 0 unspecified atom stereocenters. The van der Waals surface area contributed by atoms with Gasteiger partial charge in [0.15, 0.2) is 0 Å². The van der Waals surface area contributed by atoms with Crippen molar-refractivity contribution >= 4 is 54.8 Å². The van der Waals surface area contributed by atoms with Gasteiger partial charge >= 0.3 is 6.18 Å². The second kappa shape index (κ2) is 8.66. The van der Waals surface area contributed by atoms with Gasteiger partial charge in [-0.05, 0) is 70.4 Å². The summed E-state index contributed by atoms with van der Waals surface area (Å²) in [4.78, 5) is 14.2. The van der Waals surface area contributed by atoms with Crippen molar-refractivity contribution < 1.29 is 26.4 Å². The molecule has 1 aliphatic heterocycles. The Morgan fingerprint density at radius 1 is 1.06 bits per heavy atom. The van der Waals surface area contributed by atoms with Crippen LogP contribution < -0.4 is 9.62 Å². The van der Waals surface area contributed by atoms with E-state index < -0.39 is 26.8 Å². The molecule has 3 aromatic carbocycles. The third kappa shape index (κ3) is 4.73. The monoisotopic (exact) mass is 558 g/mol. The molecule has 1 N–H and O–H groups in total. The van der Waals surface area contributed by atoms with Crippen LogP contribution in [-0.2, 0) is 22.6 Å². The van der Waals surface area contributed by atoms with Gasteiger partial charge in [0.05, 0.1) is 10.6 Å². The zero-order valence-corrected chi connectivity index (χ0v) is 19.8. The number of fused-ring (bicyclic) bond motifs is 1. The van der Waals surface area contributed by atoms with Crippen molar-refractivity contribution in [3.8, 4) is 0 Å². The molecule has 5 nitrogen and oxygen atoms in total. The van der Waals surface area contributed by atoms with Crippen LogP contribution in [0, 0.1) is 0 Å². The number of hydrogen-bond donors (Lipinski definition) is 1. The van der Waals surface area contributed by atoms with E-state index in [1.54, 1.807) is 36.4 Å². The van der Waals surface area contributed by atoms with Crippen LogP contribution in [0.5, 0.6) is 0 Å². The highest BCUT2D eigenvalue weighted by Gasteiger charge is 2.34. The zero-order chi connectivity index (χ0) is 24.0. The Bertz CT molecular complexity index is 1350. The number of halogens is 5. The summed E-state index contributed by atoms with van der Waals surface area (Å²) in [6, 6.07) is 14.3. The maximum Gasteiger partial charge on any atom is 0.417 e. The number of sulfonamides is 1. The van der Waals surface area contributed by atoms with E-state index in [-0.39, 0.29) is 21.0 Å². The van der Waals surface area contributed by atoms with Crippen molar-refractivity contribution in [3.05, 3.63) is 86.8 Å². The van der Waals surface area contributed by atoms with E-state index in [9.17, 15) is 26.4 Å². The predicted octanol–water partition coefficient (Wildman–Crippen LogP) is 6.13. The fraction of sp³-hybridized carbons (Fsp3) is 0.136. The molecule has 0 saturated heterocycles. The maximum absolute atomic E-state index is 13.2. The smallest absolute Gasteiger partial charge is 0.308 e. The first kappa shape index (κ1) is 23.6. The minimum atomic E-state index is -4.75. The van der Waals surface area contributed by atoms with Crippen molar-refractivity contribution in [2.45, 2.75) is 17.5 Å². The van der Waals surface area contributed by atoms with E-state index in [1.807, 2.05) is 0 Å². The van der Waals surface area contributed by atoms with Crippen LogP contribution >= 0.6 is 27.5 Å². The van der Waals surface area contributed by atoms with Crippen LogP contribution in [0.25, 0.3) is 0 Å². The first-order valence-corrected chi connectivity index (χ1v) is 12.2. The molecule has 0 spiro atoms. The molecule has 11 heteroatoms. The highest BCUT2D eigenvalue weighted by Crippen LogP contribution is 2.39. The Morgan fingerprint density at radius 3 is 2.42 bits per heavy atom. The molecule has 1 amide bonds. The summed E-state index contributed by atoms with van der Waals surface area (Å²) in [7, 11) is -4.30. The molecule has 0 saturated carbocycles. The second-order valence-electron chi connectivity index (χ2n) is 7.28. The van der Waals surface area contributed by atoms with Gasteiger partial charge in [-0.25, -0.2) is 8.42 Å². The normalized spacial score (nSPS) is 13.7. The Labute approximate surface area is 201 Å². The molecule has 0 aromatic heterocycles. The number of nitrogens with zero attached hydrogens (tertiary/aromatic N) is 1. The standard InChI is InChI=1S/C22H15BrClF3N2O3S/c23-17-10-14-8-9-29(21(30)13-4-2-1-3-5-13)19(14)12-20(17)33(31,32)28-15-6-7-18(24)16(11-15)22(25,26)27/h1-7,10-12,28H,8-9H2. The Morgan fingerprint density at radius 2 is 1.76 bits per heavy atom. The summed E-state index contributed by atoms with van der Waals surface area (Å²) >= 11 is 8.85. The quantitative estimate of drug-likeness (QED) is 0.419. The topological polar surface area (TPSA) is 66.5 Å². The lowest BCUT2D eigenvalue weighted by atomic mass is 10.1. The van der Waals surface area contributed by atoms with Crippen molar-refractivity contribution in [2.24, 2.45) is 0 Å². The van der Waals surface area contributed by atoms with Crippen molar-refractivity contribution in [1.82, 2.24) is 0 Å². The minimum Gasteiger partial charge on any atom is -0.308 e. The molecular formula is C22H15BrClF3N2O3S. The Kier molecular flexibility index (Phi) is 6.19. The fourth-order valence-corrected chi connectivity index (χ4v) is 5.94. The van der Waals surface area contributed by atoms with Crippen LogP contribution in [0.1, 0.15) is 21.5 Å². The largest absolute Gasteiger partial charge is 0.417 e. The Balaban J connectivity index is 1.70. The molecule has 0 atom stereocenters. The number of rotatable bonds is 4. The SMILES string of the molecule is O=C(c1ccccc1)N1CCc2cc(Br)c(S(=O)(=O)Nc3ccc(Cl)c(C(F)(F)F)c3)cc21. The lowest BCUT2D eigenvalue weighted by Crippen LogP contribution is -2.29. The second-order valence-corrected chi connectivity index (χ2v) is 10.2. The molecule has 172 valence electrons. The van der Waals surface area contributed by atoms with Gasteiger partial charge in [0.25, 0.3) is 15.9 Å². The summed E-state index contributed by atoms with van der Waals surface area (Å²) in [5.41, 5.74) is 0.209. The van der Waals surface area contributed by atoms with E-state index in [0.717, 1.165) is 17.7 Å². The number of nitrogens with one attached hydrogen (secondary N) is 1. The summed E-state index contributed by atoms with van der Waals surface area (Å²) in [5.74, 6) is -0.277. The molecule has 1 heterocycles. The average Bonchev–Trinajstić information content (AvgIpc) is 3.16. The number of carbonyl (C=O) groups is 1. The molecule has 1 aliphatic rings. The molecule has 0 bridgehead atoms. The summed E-state index contributed by atoms with van der Waals surface area (Å²) in [6.45, 7) is 0.374. The van der Waals surface area contributed by atoms with E-state index in [0.29, 0.717) is 30.3 Å². The van der Waals surface area contributed by atoms with Gasteiger partial charge < -0.3 is 4.90 Å². The van der Waals surface area contributed by atoms with Crippen molar-refractivity contribution in [1.29, 1.82) is 0 Å². The predicted molar refractivity (Wildman–Crippen MR) is 123 cm³/mol. The third-order valence-electron chi connectivity index (χ3n) is 5.11. The summed E-state index contributed by atoms with van der Waals surface area (Å²) in [5, 5.41) is -0.542. The summed E-state index contributed by atoms with van der Waals surface area (Å²) < 4.78 is 68.0. The van der Waals surface area contributed by atoms with Gasteiger partial charge in [-0.2, -0.15) is 13.2 Å². The number of carbonyl (C=O) groups excluding carboxylic acids is 1. The molecule has 0 aliphatic carbocycles. The first-order chi connectivity index (χ1) is 15.5. The lowest BCUT2D eigenvalue weighted by molar-refractivity contribution is -0.137. The van der Waals surface area contributed by atoms with Crippen LogP contribution in [0.4, 0.5) is 24.5 Å². The van der Waals surface area contributed by atoms with Crippen molar-refractivity contribution in [3.63, 3.8) is 0 Å². The van der Waals surface area contributed by atoms with Crippen LogP contribution in [-0.4, -0.2) is 20.9 Å². The van der Waals surface area contributed by atoms with E-state index in [2.05, 4.69) is 20.7 Å². The molecule has 0 fully saturated rings. The number of benzene rings is 3. The van der Waals surface area contributed by atoms with E-state index in [1.165, 1.54) is 11.0 Å². The number of hydrogen-bond acceptors (Lipinski definition) is 3. The van der Waals surface area contributed by atoms with Crippen LogP contribution in [0.2, 0.25) is 5.02 Å². The average molecular weight is 560 g/mol. The third-order valence-corrected chi connectivity index (χ3v) is 7.78. The van der Waals surface area contributed by atoms with E-state index >= 15 is 0 Å². The highest BCUT2D eigenvalue weighted by atomic mass is 79.9. The molecule has 3 aromatic rings. The first-order valence-electron chi connectivity index (χ1n) is 9.56. The number of anilines is 2. The van der Waals surface area contributed by atoms with Gasteiger partial charge in [0.1, 0.15) is 4.90 Å². The van der Waals surface area contributed by atoms with Gasteiger partial charge in [-0.15, -0.1) is 0 Å². The molecule has 0 radical (unpaired) electrons. The minimum absolute atomic E-state index is 0.211.